The van der Waals surface area contributed by atoms with Crippen LogP contribution in [0.2, 0.25) is 5.15 Å². The highest BCUT2D eigenvalue weighted by molar-refractivity contribution is 6.31. The Morgan fingerprint density at radius 1 is 1.25 bits per heavy atom. The molecule has 1 heterocycles. The van der Waals surface area contributed by atoms with Crippen LogP contribution in [-0.4, -0.2) is 16.5 Å². The SMILES string of the molecule is Clc1nccnc1NCC1CC2CCC1C2. The van der Waals surface area contributed by atoms with Crippen molar-refractivity contribution in [3.8, 4) is 0 Å². The van der Waals surface area contributed by atoms with Gasteiger partial charge in [0.2, 0.25) is 0 Å². The number of nitrogens with zero attached hydrogens (tertiary/aromatic N) is 2. The quantitative estimate of drug-likeness (QED) is 0.878. The lowest BCUT2D eigenvalue weighted by molar-refractivity contribution is 0.348. The lowest BCUT2D eigenvalue weighted by Gasteiger charge is -2.22. The molecule has 16 heavy (non-hydrogen) atoms. The van der Waals surface area contributed by atoms with E-state index in [4.69, 9.17) is 11.6 Å². The number of hydrogen-bond donors (Lipinski definition) is 1. The summed E-state index contributed by atoms with van der Waals surface area (Å²) in [5.41, 5.74) is 0. The van der Waals surface area contributed by atoms with Crippen LogP contribution in [0.3, 0.4) is 0 Å². The van der Waals surface area contributed by atoms with Crippen molar-refractivity contribution in [3.05, 3.63) is 17.5 Å². The van der Waals surface area contributed by atoms with E-state index >= 15 is 0 Å². The van der Waals surface area contributed by atoms with Gasteiger partial charge in [-0.2, -0.15) is 0 Å². The maximum absolute atomic E-state index is 5.95. The molecule has 0 spiro atoms. The number of anilines is 1. The van der Waals surface area contributed by atoms with E-state index < -0.39 is 0 Å². The summed E-state index contributed by atoms with van der Waals surface area (Å²) in [4.78, 5) is 8.21. The van der Waals surface area contributed by atoms with Crippen LogP contribution >= 0.6 is 11.6 Å². The Kier molecular flexibility index (Phi) is 2.72. The lowest BCUT2D eigenvalue weighted by atomic mass is 9.89. The first-order valence-electron chi connectivity index (χ1n) is 6.03. The second-order valence-electron chi connectivity index (χ2n) is 5.01. The Hall–Kier alpha value is -0.830. The minimum Gasteiger partial charge on any atom is -0.367 e. The molecule has 4 heteroatoms. The summed E-state index contributed by atoms with van der Waals surface area (Å²) in [7, 11) is 0. The number of hydrogen-bond acceptors (Lipinski definition) is 3. The van der Waals surface area contributed by atoms with Crippen LogP contribution in [0.1, 0.15) is 25.7 Å². The molecule has 3 unspecified atom stereocenters. The van der Waals surface area contributed by atoms with Gasteiger partial charge in [0.05, 0.1) is 0 Å². The molecule has 2 bridgehead atoms. The van der Waals surface area contributed by atoms with Gasteiger partial charge < -0.3 is 5.32 Å². The molecule has 2 aliphatic carbocycles. The summed E-state index contributed by atoms with van der Waals surface area (Å²) >= 11 is 5.95. The third-order valence-electron chi connectivity index (χ3n) is 4.07. The van der Waals surface area contributed by atoms with Gasteiger partial charge in [-0.25, -0.2) is 9.97 Å². The van der Waals surface area contributed by atoms with Crippen LogP contribution in [-0.2, 0) is 0 Å². The number of rotatable bonds is 3. The second kappa shape index (κ2) is 4.21. The van der Waals surface area contributed by atoms with E-state index in [0.29, 0.717) is 5.15 Å². The third-order valence-corrected chi connectivity index (χ3v) is 4.35. The largest absolute Gasteiger partial charge is 0.367 e. The van der Waals surface area contributed by atoms with E-state index in [1.807, 2.05) is 0 Å². The fourth-order valence-corrected chi connectivity index (χ4v) is 3.47. The van der Waals surface area contributed by atoms with Crippen LogP contribution in [0.5, 0.6) is 0 Å². The molecule has 2 saturated carbocycles. The molecule has 1 N–H and O–H groups in total. The molecular weight excluding hydrogens is 222 g/mol. The highest BCUT2D eigenvalue weighted by atomic mass is 35.5. The monoisotopic (exact) mass is 237 g/mol. The van der Waals surface area contributed by atoms with E-state index in [9.17, 15) is 0 Å². The van der Waals surface area contributed by atoms with E-state index in [1.165, 1.54) is 25.7 Å². The molecule has 2 fully saturated rings. The third kappa shape index (κ3) is 1.88. The van der Waals surface area contributed by atoms with Gasteiger partial charge in [0, 0.05) is 18.9 Å². The van der Waals surface area contributed by atoms with E-state index in [1.54, 1.807) is 12.4 Å². The van der Waals surface area contributed by atoms with Crippen LogP contribution in [0.15, 0.2) is 12.4 Å². The van der Waals surface area contributed by atoms with Crippen molar-refractivity contribution in [1.29, 1.82) is 0 Å². The normalized spacial score (nSPS) is 31.9. The summed E-state index contributed by atoms with van der Waals surface area (Å²) in [6, 6.07) is 0. The molecule has 3 atom stereocenters. The molecule has 0 radical (unpaired) electrons. The Morgan fingerprint density at radius 2 is 2.12 bits per heavy atom. The smallest absolute Gasteiger partial charge is 0.171 e. The molecular formula is C12H16ClN3. The number of fused-ring (bicyclic) bond motifs is 2. The highest BCUT2D eigenvalue weighted by Gasteiger charge is 2.39. The maximum atomic E-state index is 5.95. The summed E-state index contributed by atoms with van der Waals surface area (Å²) in [5.74, 6) is 3.48. The summed E-state index contributed by atoms with van der Waals surface area (Å²) in [6.07, 6.45) is 8.99. The van der Waals surface area contributed by atoms with E-state index in [0.717, 1.165) is 30.1 Å². The Labute approximate surface area is 101 Å². The molecule has 3 nitrogen and oxygen atoms in total. The fourth-order valence-electron chi connectivity index (χ4n) is 3.29. The number of aromatic nitrogens is 2. The molecule has 0 amide bonds. The molecule has 86 valence electrons. The van der Waals surface area contributed by atoms with Gasteiger partial charge >= 0.3 is 0 Å². The Bertz CT molecular complexity index is 382. The molecule has 2 aliphatic rings. The van der Waals surface area contributed by atoms with Crippen LogP contribution in [0, 0.1) is 17.8 Å². The summed E-state index contributed by atoms with van der Waals surface area (Å²) in [6.45, 7) is 1.000. The van der Waals surface area contributed by atoms with Crippen molar-refractivity contribution in [2.24, 2.45) is 17.8 Å². The zero-order valence-electron chi connectivity index (χ0n) is 9.19. The predicted molar refractivity (Wildman–Crippen MR) is 64.5 cm³/mol. The molecule has 0 aliphatic heterocycles. The molecule has 3 rings (SSSR count). The van der Waals surface area contributed by atoms with Crippen LogP contribution in [0.4, 0.5) is 5.82 Å². The first-order valence-corrected chi connectivity index (χ1v) is 6.41. The molecule has 0 aromatic carbocycles. The maximum Gasteiger partial charge on any atom is 0.171 e. The van der Waals surface area contributed by atoms with Crippen LogP contribution < -0.4 is 5.32 Å². The van der Waals surface area contributed by atoms with Gasteiger partial charge in [-0.1, -0.05) is 18.0 Å². The van der Waals surface area contributed by atoms with Gasteiger partial charge in [-0.05, 0) is 37.0 Å². The number of halogens is 1. The van der Waals surface area contributed by atoms with Crippen molar-refractivity contribution in [2.75, 3.05) is 11.9 Å². The van der Waals surface area contributed by atoms with Gasteiger partial charge in [0.15, 0.2) is 11.0 Å². The first-order chi connectivity index (χ1) is 7.83. The van der Waals surface area contributed by atoms with E-state index in [2.05, 4.69) is 15.3 Å². The molecule has 1 aromatic rings. The van der Waals surface area contributed by atoms with Crippen molar-refractivity contribution in [3.63, 3.8) is 0 Å². The fraction of sp³-hybridized carbons (Fsp3) is 0.667. The Morgan fingerprint density at radius 3 is 2.81 bits per heavy atom. The van der Waals surface area contributed by atoms with Crippen LogP contribution in [0.25, 0.3) is 0 Å². The first kappa shape index (κ1) is 10.3. The summed E-state index contributed by atoms with van der Waals surface area (Å²) in [5, 5.41) is 3.81. The van der Waals surface area contributed by atoms with Crippen molar-refractivity contribution in [1.82, 2.24) is 9.97 Å². The van der Waals surface area contributed by atoms with Crippen molar-refractivity contribution >= 4 is 17.4 Å². The second-order valence-corrected chi connectivity index (χ2v) is 5.37. The molecule has 1 aromatic heterocycles. The van der Waals surface area contributed by atoms with Gasteiger partial charge in [0.25, 0.3) is 0 Å². The van der Waals surface area contributed by atoms with Gasteiger partial charge in [-0.3, -0.25) is 0 Å². The van der Waals surface area contributed by atoms with Gasteiger partial charge in [-0.15, -0.1) is 0 Å². The summed E-state index contributed by atoms with van der Waals surface area (Å²) < 4.78 is 0. The standard InChI is InChI=1S/C12H16ClN3/c13-11-12(15-4-3-14-11)16-7-10-6-8-1-2-9(10)5-8/h3-4,8-10H,1-2,5-7H2,(H,15,16). The Balaban J connectivity index is 1.59. The minimum atomic E-state index is 0.477. The average molecular weight is 238 g/mol. The van der Waals surface area contributed by atoms with Crippen molar-refractivity contribution < 1.29 is 0 Å². The number of nitrogens with one attached hydrogen (secondary N) is 1. The highest BCUT2D eigenvalue weighted by Crippen LogP contribution is 2.48. The zero-order chi connectivity index (χ0) is 11.0. The predicted octanol–water partition coefficient (Wildman–Crippen LogP) is 2.98. The molecule has 0 saturated heterocycles. The minimum absolute atomic E-state index is 0.477. The average Bonchev–Trinajstić information content (AvgIpc) is 2.90. The van der Waals surface area contributed by atoms with Crippen molar-refractivity contribution in [2.45, 2.75) is 25.7 Å². The van der Waals surface area contributed by atoms with E-state index in [-0.39, 0.29) is 0 Å². The zero-order valence-corrected chi connectivity index (χ0v) is 9.95. The lowest BCUT2D eigenvalue weighted by Crippen LogP contribution is -2.20. The topological polar surface area (TPSA) is 37.8 Å². The van der Waals surface area contributed by atoms with Gasteiger partial charge in [0.1, 0.15) is 0 Å².